The maximum absolute atomic E-state index is 12.1. The molecule has 0 spiro atoms. The second-order valence-electron chi connectivity index (χ2n) is 17.1. The van der Waals surface area contributed by atoms with Gasteiger partial charge in [0, 0.05) is 24.9 Å². The molecule has 0 saturated heterocycles. The van der Waals surface area contributed by atoms with Crippen LogP contribution in [0, 0.1) is 0 Å². The van der Waals surface area contributed by atoms with E-state index < -0.39 is 6.15 Å². The summed E-state index contributed by atoms with van der Waals surface area (Å²) < 4.78 is 21.1. The van der Waals surface area contributed by atoms with Crippen LogP contribution in [0.2, 0.25) is 0 Å². The minimum absolute atomic E-state index is 0. The Labute approximate surface area is 513 Å². The van der Waals surface area contributed by atoms with Crippen LogP contribution in [0.4, 0.5) is 0 Å². The van der Waals surface area contributed by atoms with Crippen LogP contribution < -0.4 is 90.8 Å². The molecule has 8 rings (SSSR count). The summed E-state index contributed by atoms with van der Waals surface area (Å²) in [6.07, 6.45) is 4.88. The number of ether oxygens (including phenoxy) is 4. The van der Waals surface area contributed by atoms with E-state index in [1.807, 2.05) is 27.7 Å². The second kappa shape index (κ2) is 36.9. The van der Waals surface area contributed by atoms with E-state index in [1.54, 1.807) is 72.8 Å². The van der Waals surface area contributed by atoms with Gasteiger partial charge in [0.25, 0.3) is 0 Å². The SMILES string of the molecule is CCOc1cccc(C=NCCN=Cc2cccc(OCC)c2[O-])c1[O-].CCOc1cccc(C=NCCN=Cc2cccc(OCC)c2[O-])c1[O-].[Na+].[Ni+2].[Ni+2].c1ccc([B-](c2ccccc2)(c2ccccc2)c2ccccc2)cc1. The van der Waals surface area contributed by atoms with Gasteiger partial charge >= 0.3 is 62.5 Å². The summed E-state index contributed by atoms with van der Waals surface area (Å²) in [4.78, 5) is 16.8. The zero-order valence-electron chi connectivity index (χ0n) is 45.7. The first-order chi connectivity index (χ1) is 37.8. The Morgan fingerprint density at radius 3 is 0.700 bits per heavy atom. The molecule has 16 heteroatoms. The summed E-state index contributed by atoms with van der Waals surface area (Å²) in [6, 6.07) is 63.9. The molecule has 0 amide bonds. The molecule has 80 heavy (non-hydrogen) atoms. The fourth-order valence-electron chi connectivity index (χ4n) is 8.62. The number of rotatable bonds is 22. The third-order valence-corrected chi connectivity index (χ3v) is 12.1. The van der Waals surface area contributed by atoms with E-state index in [0.29, 0.717) is 97.9 Å². The van der Waals surface area contributed by atoms with Crippen molar-refractivity contribution < 1.29 is 102 Å². The number of hydrogen-bond acceptors (Lipinski definition) is 12. The van der Waals surface area contributed by atoms with Crippen molar-refractivity contribution >= 4 is 52.9 Å². The minimum Gasteiger partial charge on any atom is -0.870 e. The molecule has 0 atom stereocenters. The molecule has 12 nitrogen and oxygen atoms in total. The van der Waals surface area contributed by atoms with Crippen LogP contribution in [-0.4, -0.2) is 83.6 Å². The molecule has 0 fully saturated rings. The monoisotopic (exact) mass is 1170 g/mol. The van der Waals surface area contributed by atoms with Crippen LogP contribution in [0.5, 0.6) is 46.0 Å². The van der Waals surface area contributed by atoms with Gasteiger partial charge in [-0.25, -0.2) is 0 Å². The summed E-state index contributed by atoms with van der Waals surface area (Å²) in [5.74, 6) is 0.600. The van der Waals surface area contributed by atoms with Gasteiger partial charge in [0.05, 0.1) is 52.6 Å². The van der Waals surface area contributed by atoms with E-state index in [1.165, 1.54) is 46.7 Å². The predicted molar refractivity (Wildman–Crippen MR) is 308 cm³/mol. The maximum atomic E-state index is 12.1. The summed E-state index contributed by atoms with van der Waals surface area (Å²) in [6.45, 7) is 10.7. The molecule has 0 radical (unpaired) electrons. The molecule has 8 aromatic carbocycles. The van der Waals surface area contributed by atoms with E-state index in [2.05, 4.69) is 141 Å². The fourth-order valence-corrected chi connectivity index (χ4v) is 8.62. The fraction of sp³-hybridized carbons (Fsp3) is 0.188. The van der Waals surface area contributed by atoms with Gasteiger partial charge in [-0.3, -0.25) is 20.0 Å². The van der Waals surface area contributed by atoms with Crippen LogP contribution in [0.15, 0.2) is 214 Å². The van der Waals surface area contributed by atoms with Gasteiger partial charge in [0.2, 0.25) is 0 Å². The molecule has 0 aliphatic carbocycles. The smallest absolute Gasteiger partial charge is 0.870 e. The number of para-hydroxylation sites is 4. The number of benzene rings is 8. The van der Waals surface area contributed by atoms with Crippen molar-refractivity contribution in [1.82, 2.24) is 0 Å². The first kappa shape index (κ1) is 67.2. The Morgan fingerprint density at radius 2 is 0.512 bits per heavy atom. The molecular weight excluding hydrogens is 1100 g/mol. The molecule has 412 valence electrons. The van der Waals surface area contributed by atoms with Crippen LogP contribution in [0.1, 0.15) is 49.9 Å². The topological polar surface area (TPSA) is 179 Å². The van der Waals surface area contributed by atoms with Crippen molar-refractivity contribution in [2.75, 3.05) is 52.6 Å². The average molecular weight is 1170 g/mol. The Hall–Kier alpha value is -7.11. The maximum Gasteiger partial charge on any atom is 2.00 e. The molecule has 0 aliphatic rings. The number of nitrogens with zero attached hydrogens (tertiary/aromatic N) is 4. The van der Waals surface area contributed by atoms with Gasteiger partial charge < -0.3 is 39.4 Å². The molecule has 0 aliphatic heterocycles. The molecule has 0 bridgehead atoms. The first-order valence-electron chi connectivity index (χ1n) is 25.8. The van der Waals surface area contributed by atoms with Gasteiger partial charge in [0.15, 0.2) is 0 Å². The van der Waals surface area contributed by atoms with Crippen LogP contribution in [0.25, 0.3) is 0 Å². The average Bonchev–Trinajstić information content (AvgIpc) is 3.48. The van der Waals surface area contributed by atoms with Crippen molar-refractivity contribution in [2.45, 2.75) is 27.7 Å². The Morgan fingerprint density at radius 1 is 0.312 bits per heavy atom. The predicted octanol–water partition coefficient (Wildman–Crippen LogP) is 4.40. The van der Waals surface area contributed by atoms with E-state index in [-0.39, 0.29) is 85.5 Å². The van der Waals surface area contributed by atoms with E-state index >= 15 is 0 Å². The summed E-state index contributed by atoms with van der Waals surface area (Å²) in [5.41, 5.74) is 7.27. The second-order valence-corrected chi connectivity index (χ2v) is 17.1. The zero-order valence-corrected chi connectivity index (χ0v) is 49.7. The Bertz CT molecular complexity index is 2730. The quantitative estimate of drug-likeness (QED) is 0.0545. The van der Waals surface area contributed by atoms with Gasteiger partial charge in [0.1, 0.15) is 29.1 Å². The van der Waals surface area contributed by atoms with Gasteiger partial charge in [-0.15, -0.1) is 0 Å². The molecular formula is C64H64BN4NaNi2O8. The minimum atomic E-state index is -1.22. The Balaban J connectivity index is 0.000000309. The largest absolute Gasteiger partial charge is 2.00 e. The third kappa shape index (κ3) is 19.0. The zero-order chi connectivity index (χ0) is 54.5. The molecule has 0 N–H and O–H groups in total. The van der Waals surface area contributed by atoms with Crippen molar-refractivity contribution in [3.8, 4) is 46.0 Å². The molecule has 8 aromatic rings. The van der Waals surface area contributed by atoms with Crippen LogP contribution >= 0.6 is 0 Å². The van der Waals surface area contributed by atoms with Gasteiger partial charge in [-0.2, -0.15) is 21.9 Å². The molecule has 0 heterocycles. The summed E-state index contributed by atoms with van der Waals surface area (Å²) in [5, 5.41) is 48.4. The molecule has 0 aromatic heterocycles. The normalized spacial score (nSPS) is 10.8. The van der Waals surface area contributed by atoms with E-state index in [9.17, 15) is 20.4 Å². The summed E-state index contributed by atoms with van der Waals surface area (Å²) in [7, 11) is 0. The van der Waals surface area contributed by atoms with Crippen LogP contribution in [0.3, 0.4) is 0 Å². The van der Waals surface area contributed by atoms with Crippen molar-refractivity contribution in [3.63, 3.8) is 0 Å². The van der Waals surface area contributed by atoms with E-state index in [4.69, 9.17) is 18.9 Å². The van der Waals surface area contributed by atoms with E-state index in [0.717, 1.165) is 0 Å². The van der Waals surface area contributed by atoms with Gasteiger partial charge in [-0.05, 0) is 74.2 Å². The van der Waals surface area contributed by atoms with Crippen LogP contribution in [-0.2, 0) is 33.0 Å². The van der Waals surface area contributed by atoms with Crippen molar-refractivity contribution in [1.29, 1.82) is 0 Å². The first-order valence-corrected chi connectivity index (χ1v) is 25.8. The number of aliphatic imine (C=N–C) groups is 4. The van der Waals surface area contributed by atoms with Crippen molar-refractivity contribution in [2.24, 2.45) is 20.0 Å². The summed E-state index contributed by atoms with van der Waals surface area (Å²) >= 11 is 0. The third-order valence-electron chi connectivity index (χ3n) is 12.1. The number of hydrogen-bond donors (Lipinski definition) is 0. The molecule has 0 unspecified atom stereocenters. The Kier molecular flexibility index (Phi) is 31.0. The van der Waals surface area contributed by atoms with Crippen molar-refractivity contribution in [3.05, 3.63) is 216 Å². The standard InChI is InChI=1S/C24H20B.2C20H24N2O4.Na.2Ni/c1-5-13-21(14-6-1)25(22-15-7-2-8-16-22,23-17-9-3-10-18-23)24-19-11-4-12-20-24;2*1-3-25-17-9-5-7-15(19(17)23)13-21-11-12-22-14-16-8-6-10-18(20(16)24)26-4-2;;;/h1-20H;2*5-10,13-14,23-24H,3-4,11-12H2,1-2H3;;;/q-1;;;+1;2*+2/p-4. The molecule has 0 saturated carbocycles. The van der Waals surface area contributed by atoms with Gasteiger partial charge in [-0.1, -0.05) is 193 Å².